The van der Waals surface area contributed by atoms with Crippen molar-refractivity contribution in [2.75, 3.05) is 5.32 Å². The van der Waals surface area contributed by atoms with Crippen LogP contribution in [-0.4, -0.2) is 10.9 Å². The number of aromatic nitrogens is 1. The third-order valence-electron chi connectivity index (χ3n) is 3.91. The molecule has 0 aliphatic heterocycles. The standard InChI is InChI=1S/C16H16Cl2N2OS/c17-11-6-7-13(18)12(8-11)14-9-22-16(19-14)20-15(21)10-4-2-1-3-5-10/h6-10H,1-5H2,(H,19,20,21). The number of amides is 1. The molecular formula is C16H16Cl2N2OS. The molecule has 0 unspecified atom stereocenters. The van der Waals surface area contributed by atoms with Crippen molar-refractivity contribution in [3.05, 3.63) is 33.6 Å². The zero-order valence-corrected chi connectivity index (χ0v) is 14.3. The molecule has 2 aromatic rings. The number of thiazole rings is 1. The molecule has 22 heavy (non-hydrogen) atoms. The predicted molar refractivity (Wildman–Crippen MR) is 92.8 cm³/mol. The molecule has 1 amide bonds. The fourth-order valence-corrected chi connectivity index (χ4v) is 3.82. The van der Waals surface area contributed by atoms with E-state index < -0.39 is 0 Å². The van der Waals surface area contributed by atoms with Gasteiger partial charge in [0.15, 0.2) is 5.13 Å². The van der Waals surface area contributed by atoms with Crippen molar-refractivity contribution in [2.24, 2.45) is 5.92 Å². The van der Waals surface area contributed by atoms with Gasteiger partial charge in [-0.1, -0.05) is 42.5 Å². The van der Waals surface area contributed by atoms with Crippen molar-refractivity contribution < 1.29 is 4.79 Å². The zero-order valence-electron chi connectivity index (χ0n) is 11.9. The SMILES string of the molecule is O=C(Nc1nc(-c2cc(Cl)ccc2Cl)cs1)C1CCCCC1. The van der Waals surface area contributed by atoms with Crippen molar-refractivity contribution in [3.63, 3.8) is 0 Å². The summed E-state index contributed by atoms with van der Waals surface area (Å²) in [7, 11) is 0. The number of hydrogen-bond donors (Lipinski definition) is 1. The van der Waals surface area contributed by atoms with Crippen LogP contribution in [0.4, 0.5) is 5.13 Å². The van der Waals surface area contributed by atoms with Crippen LogP contribution >= 0.6 is 34.5 Å². The van der Waals surface area contributed by atoms with Gasteiger partial charge in [0.05, 0.1) is 10.7 Å². The average Bonchev–Trinajstić information content (AvgIpc) is 2.99. The van der Waals surface area contributed by atoms with Crippen LogP contribution in [0, 0.1) is 5.92 Å². The van der Waals surface area contributed by atoms with Gasteiger partial charge in [0.25, 0.3) is 0 Å². The Kier molecular flexibility index (Phi) is 5.01. The van der Waals surface area contributed by atoms with Gasteiger partial charge < -0.3 is 5.32 Å². The number of halogens is 2. The molecular weight excluding hydrogens is 339 g/mol. The Bertz CT molecular complexity index is 681. The fraction of sp³-hybridized carbons (Fsp3) is 0.375. The summed E-state index contributed by atoms with van der Waals surface area (Å²) >= 11 is 13.6. The van der Waals surface area contributed by atoms with E-state index in [4.69, 9.17) is 23.2 Å². The molecule has 0 spiro atoms. The molecule has 1 aliphatic rings. The van der Waals surface area contributed by atoms with E-state index in [1.807, 2.05) is 5.38 Å². The van der Waals surface area contributed by atoms with E-state index in [-0.39, 0.29) is 11.8 Å². The van der Waals surface area contributed by atoms with E-state index in [0.717, 1.165) is 36.9 Å². The highest BCUT2D eigenvalue weighted by Crippen LogP contribution is 2.33. The first-order valence-electron chi connectivity index (χ1n) is 7.35. The zero-order chi connectivity index (χ0) is 15.5. The molecule has 3 rings (SSSR count). The van der Waals surface area contributed by atoms with Crippen LogP contribution in [0.2, 0.25) is 10.0 Å². The van der Waals surface area contributed by atoms with Gasteiger partial charge in [-0.3, -0.25) is 4.79 Å². The van der Waals surface area contributed by atoms with E-state index in [1.54, 1.807) is 18.2 Å². The van der Waals surface area contributed by atoms with Crippen molar-refractivity contribution in [1.29, 1.82) is 0 Å². The molecule has 1 saturated carbocycles. The van der Waals surface area contributed by atoms with Crippen molar-refractivity contribution in [1.82, 2.24) is 4.98 Å². The summed E-state index contributed by atoms with van der Waals surface area (Å²) in [5.74, 6) is 0.202. The Balaban J connectivity index is 1.73. The maximum atomic E-state index is 12.2. The minimum Gasteiger partial charge on any atom is -0.302 e. The second kappa shape index (κ2) is 6.99. The second-order valence-corrected chi connectivity index (χ2v) is 7.19. The lowest BCUT2D eigenvalue weighted by Gasteiger charge is -2.19. The number of rotatable bonds is 3. The Hall–Kier alpha value is -1.10. The molecule has 0 bridgehead atoms. The van der Waals surface area contributed by atoms with Crippen LogP contribution in [-0.2, 0) is 4.79 Å². The second-order valence-electron chi connectivity index (χ2n) is 5.49. The highest BCUT2D eigenvalue weighted by molar-refractivity contribution is 7.14. The largest absolute Gasteiger partial charge is 0.302 e. The molecule has 1 aromatic carbocycles. The number of nitrogens with zero attached hydrogens (tertiary/aromatic N) is 1. The topological polar surface area (TPSA) is 42.0 Å². The number of benzene rings is 1. The molecule has 0 saturated heterocycles. The van der Waals surface area contributed by atoms with Gasteiger partial charge in [-0.15, -0.1) is 11.3 Å². The van der Waals surface area contributed by atoms with Gasteiger partial charge in [-0.2, -0.15) is 0 Å². The first kappa shape index (κ1) is 15.8. The fourth-order valence-electron chi connectivity index (χ4n) is 2.72. The molecule has 1 fully saturated rings. The number of nitrogens with one attached hydrogen (secondary N) is 1. The minimum atomic E-state index is 0.0813. The number of anilines is 1. The highest BCUT2D eigenvalue weighted by atomic mass is 35.5. The van der Waals surface area contributed by atoms with E-state index >= 15 is 0 Å². The lowest BCUT2D eigenvalue weighted by atomic mass is 9.89. The molecule has 3 nitrogen and oxygen atoms in total. The maximum absolute atomic E-state index is 12.2. The molecule has 1 heterocycles. The quantitative estimate of drug-likeness (QED) is 0.775. The molecule has 1 aliphatic carbocycles. The Labute approximate surface area is 143 Å². The summed E-state index contributed by atoms with van der Waals surface area (Å²) in [6.07, 6.45) is 5.46. The van der Waals surface area contributed by atoms with Crippen LogP contribution in [0.15, 0.2) is 23.6 Å². The molecule has 0 atom stereocenters. The Morgan fingerprint density at radius 2 is 2.00 bits per heavy atom. The number of carbonyl (C=O) groups excluding carboxylic acids is 1. The smallest absolute Gasteiger partial charge is 0.229 e. The van der Waals surface area contributed by atoms with Crippen LogP contribution in [0.1, 0.15) is 32.1 Å². The normalized spacial score (nSPS) is 15.7. The number of hydrogen-bond acceptors (Lipinski definition) is 3. The van der Waals surface area contributed by atoms with Crippen LogP contribution in [0.25, 0.3) is 11.3 Å². The Morgan fingerprint density at radius 3 is 2.77 bits per heavy atom. The summed E-state index contributed by atoms with van der Waals surface area (Å²) < 4.78 is 0. The van der Waals surface area contributed by atoms with Crippen LogP contribution < -0.4 is 5.32 Å². The lowest BCUT2D eigenvalue weighted by molar-refractivity contribution is -0.120. The van der Waals surface area contributed by atoms with E-state index in [1.165, 1.54) is 17.8 Å². The van der Waals surface area contributed by atoms with E-state index in [2.05, 4.69) is 10.3 Å². The van der Waals surface area contributed by atoms with E-state index in [9.17, 15) is 4.79 Å². The first-order chi connectivity index (χ1) is 10.6. The third-order valence-corrected chi connectivity index (χ3v) is 5.24. The van der Waals surface area contributed by atoms with Gasteiger partial charge in [0, 0.05) is 21.9 Å². The summed E-state index contributed by atoms with van der Waals surface area (Å²) in [5, 5.41) is 6.63. The summed E-state index contributed by atoms with van der Waals surface area (Å²) in [5.41, 5.74) is 1.51. The monoisotopic (exact) mass is 354 g/mol. The van der Waals surface area contributed by atoms with Crippen LogP contribution in [0.5, 0.6) is 0 Å². The van der Waals surface area contributed by atoms with Gasteiger partial charge >= 0.3 is 0 Å². The molecule has 1 aromatic heterocycles. The maximum Gasteiger partial charge on any atom is 0.229 e. The third kappa shape index (κ3) is 3.62. The molecule has 116 valence electrons. The van der Waals surface area contributed by atoms with Crippen molar-refractivity contribution in [2.45, 2.75) is 32.1 Å². The first-order valence-corrected chi connectivity index (χ1v) is 8.99. The Morgan fingerprint density at radius 1 is 1.23 bits per heavy atom. The summed E-state index contributed by atoms with van der Waals surface area (Å²) in [6, 6.07) is 5.27. The number of carbonyl (C=O) groups is 1. The lowest BCUT2D eigenvalue weighted by Crippen LogP contribution is -2.24. The van der Waals surface area contributed by atoms with Gasteiger partial charge in [0.2, 0.25) is 5.91 Å². The minimum absolute atomic E-state index is 0.0813. The van der Waals surface area contributed by atoms with Crippen molar-refractivity contribution in [3.8, 4) is 11.3 Å². The molecule has 0 radical (unpaired) electrons. The molecule has 1 N–H and O–H groups in total. The van der Waals surface area contributed by atoms with Crippen LogP contribution in [0.3, 0.4) is 0 Å². The van der Waals surface area contributed by atoms with Gasteiger partial charge in [-0.25, -0.2) is 4.98 Å². The highest BCUT2D eigenvalue weighted by Gasteiger charge is 2.22. The van der Waals surface area contributed by atoms with Gasteiger partial charge in [0.1, 0.15) is 0 Å². The van der Waals surface area contributed by atoms with Crippen molar-refractivity contribution >= 4 is 45.6 Å². The van der Waals surface area contributed by atoms with Gasteiger partial charge in [-0.05, 0) is 31.0 Å². The summed E-state index contributed by atoms with van der Waals surface area (Å²) in [6.45, 7) is 0. The average molecular weight is 355 g/mol. The molecule has 6 heteroatoms. The van der Waals surface area contributed by atoms with E-state index in [0.29, 0.717) is 15.2 Å². The predicted octanol–water partition coefficient (Wildman–Crippen LogP) is 5.64. The summed E-state index contributed by atoms with van der Waals surface area (Å²) in [4.78, 5) is 16.7.